The molecule has 0 unspecified atom stereocenters. The highest BCUT2D eigenvalue weighted by Gasteiger charge is 2.39. The smallest absolute Gasteiger partial charge is 0.238 e. The van der Waals surface area contributed by atoms with E-state index in [0.717, 1.165) is 25.1 Å². The quantitative estimate of drug-likeness (QED) is 0.833. The number of benzene rings is 1. The minimum Gasteiger partial charge on any atom is -0.320 e. The molecular formula is C14H18F2N2O. The summed E-state index contributed by atoms with van der Waals surface area (Å²) in [5.74, 6) is -1.96. The van der Waals surface area contributed by atoms with Crippen LogP contribution in [0.25, 0.3) is 0 Å². The predicted octanol–water partition coefficient (Wildman–Crippen LogP) is 2.68. The van der Waals surface area contributed by atoms with E-state index >= 15 is 0 Å². The molecule has 0 heterocycles. The van der Waals surface area contributed by atoms with E-state index in [-0.39, 0.29) is 12.2 Å². The normalized spacial score (nSPS) is 16.2. The highest BCUT2D eigenvalue weighted by molar-refractivity contribution is 5.92. The minimum absolute atomic E-state index is 0.0650. The Hall–Kier alpha value is -1.49. The van der Waals surface area contributed by atoms with Crippen molar-refractivity contribution in [3.8, 4) is 0 Å². The van der Waals surface area contributed by atoms with Crippen molar-refractivity contribution in [1.29, 1.82) is 0 Å². The summed E-state index contributed by atoms with van der Waals surface area (Å²) in [5.41, 5.74) is -0.0466. The lowest BCUT2D eigenvalue weighted by Gasteiger charge is -2.13. The second-order valence-corrected chi connectivity index (χ2v) is 5.10. The molecule has 1 amide bonds. The van der Waals surface area contributed by atoms with Crippen molar-refractivity contribution in [1.82, 2.24) is 5.32 Å². The molecule has 2 rings (SSSR count). The third-order valence-electron chi connectivity index (χ3n) is 3.72. The maximum atomic E-state index is 13.3. The van der Waals surface area contributed by atoms with Crippen molar-refractivity contribution in [2.24, 2.45) is 5.41 Å². The molecule has 0 atom stereocenters. The minimum atomic E-state index is -0.763. The molecule has 2 N–H and O–H groups in total. The van der Waals surface area contributed by atoms with Gasteiger partial charge in [0.2, 0.25) is 5.91 Å². The zero-order valence-corrected chi connectivity index (χ0v) is 10.9. The molecule has 0 aliphatic heterocycles. The molecule has 1 aromatic carbocycles. The van der Waals surface area contributed by atoms with Gasteiger partial charge < -0.3 is 10.6 Å². The molecule has 0 spiro atoms. The van der Waals surface area contributed by atoms with E-state index in [4.69, 9.17) is 0 Å². The number of halogens is 2. The van der Waals surface area contributed by atoms with Crippen LogP contribution in [0.5, 0.6) is 0 Å². The number of nitrogens with one attached hydrogen (secondary N) is 2. The zero-order chi connectivity index (χ0) is 13.9. The third-order valence-corrected chi connectivity index (χ3v) is 3.72. The fraction of sp³-hybridized carbons (Fsp3) is 0.500. The van der Waals surface area contributed by atoms with E-state index in [9.17, 15) is 13.6 Å². The Balaban J connectivity index is 1.81. The van der Waals surface area contributed by atoms with Gasteiger partial charge in [0.05, 0.1) is 6.54 Å². The van der Waals surface area contributed by atoms with E-state index in [0.29, 0.717) is 5.41 Å². The number of para-hydroxylation sites is 1. The fourth-order valence-electron chi connectivity index (χ4n) is 2.07. The highest BCUT2D eigenvalue weighted by atomic mass is 19.1. The predicted molar refractivity (Wildman–Crippen MR) is 69.8 cm³/mol. The van der Waals surface area contributed by atoms with Crippen LogP contribution in [0, 0.1) is 17.0 Å². The molecule has 0 bridgehead atoms. The van der Waals surface area contributed by atoms with Crippen molar-refractivity contribution in [2.45, 2.75) is 26.2 Å². The first-order chi connectivity index (χ1) is 9.06. The van der Waals surface area contributed by atoms with Crippen LogP contribution < -0.4 is 10.6 Å². The van der Waals surface area contributed by atoms with Gasteiger partial charge in [-0.3, -0.25) is 4.79 Å². The van der Waals surface area contributed by atoms with Crippen molar-refractivity contribution in [2.75, 3.05) is 18.4 Å². The second kappa shape index (κ2) is 5.65. The zero-order valence-electron chi connectivity index (χ0n) is 10.9. The van der Waals surface area contributed by atoms with Gasteiger partial charge in [-0.05, 0) is 36.8 Å². The van der Waals surface area contributed by atoms with Crippen LogP contribution >= 0.6 is 0 Å². The van der Waals surface area contributed by atoms with Gasteiger partial charge >= 0.3 is 0 Å². The maximum Gasteiger partial charge on any atom is 0.238 e. The van der Waals surface area contributed by atoms with E-state index in [1.54, 1.807) is 0 Å². The molecule has 5 heteroatoms. The van der Waals surface area contributed by atoms with Gasteiger partial charge in [-0.2, -0.15) is 0 Å². The molecule has 0 aromatic heterocycles. The fourth-order valence-corrected chi connectivity index (χ4v) is 2.07. The van der Waals surface area contributed by atoms with Gasteiger partial charge in [0.25, 0.3) is 0 Å². The number of hydrogen-bond donors (Lipinski definition) is 2. The lowest BCUT2D eigenvalue weighted by Crippen LogP contribution is -2.32. The SMILES string of the molecule is CCC1(CNCC(=O)Nc2c(F)cccc2F)CC1. The lowest BCUT2D eigenvalue weighted by molar-refractivity contribution is -0.115. The Kier molecular flexibility index (Phi) is 4.14. The Morgan fingerprint density at radius 1 is 1.32 bits per heavy atom. The number of carbonyl (C=O) groups is 1. The molecule has 0 saturated heterocycles. The number of amides is 1. The monoisotopic (exact) mass is 268 g/mol. The summed E-state index contributed by atoms with van der Waals surface area (Å²) in [6.45, 7) is 2.97. The first kappa shape index (κ1) is 13.9. The summed E-state index contributed by atoms with van der Waals surface area (Å²) < 4.78 is 26.6. The van der Waals surface area contributed by atoms with Gasteiger partial charge in [-0.15, -0.1) is 0 Å². The van der Waals surface area contributed by atoms with Gasteiger partial charge in [-0.25, -0.2) is 8.78 Å². The molecule has 1 aliphatic carbocycles. The van der Waals surface area contributed by atoms with Crippen LogP contribution in [0.15, 0.2) is 18.2 Å². The van der Waals surface area contributed by atoms with Crippen LogP contribution in [0.3, 0.4) is 0 Å². The van der Waals surface area contributed by atoms with E-state index < -0.39 is 17.5 Å². The molecule has 3 nitrogen and oxygen atoms in total. The molecule has 104 valence electrons. The maximum absolute atomic E-state index is 13.3. The van der Waals surface area contributed by atoms with Gasteiger partial charge in [0, 0.05) is 6.54 Å². The van der Waals surface area contributed by atoms with Crippen LogP contribution in [-0.4, -0.2) is 19.0 Å². The number of carbonyl (C=O) groups excluding carboxylic acids is 1. The first-order valence-electron chi connectivity index (χ1n) is 6.51. The van der Waals surface area contributed by atoms with Gasteiger partial charge in [0.15, 0.2) is 0 Å². The lowest BCUT2D eigenvalue weighted by atomic mass is 10.0. The molecule has 19 heavy (non-hydrogen) atoms. The molecule has 1 aromatic rings. The molecule has 1 saturated carbocycles. The Bertz CT molecular complexity index is 452. The number of anilines is 1. The largest absolute Gasteiger partial charge is 0.320 e. The third kappa shape index (κ3) is 3.50. The molecule has 1 fully saturated rings. The average Bonchev–Trinajstić information content (AvgIpc) is 3.15. The summed E-state index contributed by atoms with van der Waals surface area (Å²) in [6.07, 6.45) is 3.45. The first-order valence-corrected chi connectivity index (χ1v) is 6.51. The van der Waals surface area contributed by atoms with Gasteiger partial charge in [-0.1, -0.05) is 13.0 Å². The van der Waals surface area contributed by atoms with E-state index in [1.807, 2.05) is 0 Å². The standard InChI is InChI=1S/C14H18F2N2O/c1-2-14(6-7-14)9-17-8-12(19)18-13-10(15)4-3-5-11(13)16/h3-5,17H,2,6-9H2,1H3,(H,18,19). The van der Waals surface area contributed by atoms with Gasteiger partial charge in [0.1, 0.15) is 17.3 Å². The van der Waals surface area contributed by atoms with Crippen LogP contribution in [-0.2, 0) is 4.79 Å². The number of rotatable bonds is 6. The Morgan fingerprint density at radius 3 is 2.47 bits per heavy atom. The molecule has 0 radical (unpaired) electrons. The van der Waals surface area contributed by atoms with Crippen LogP contribution in [0.2, 0.25) is 0 Å². The Morgan fingerprint density at radius 2 is 1.95 bits per heavy atom. The summed E-state index contributed by atoms with van der Waals surface area (Å²) in [7, 11) is 0. The van der Waals surface area contributed by atoms with E-state index in [2.05, 4.69) is 17.6 Å². The summed E-state index contributed by atoms with van der Waals surface area (Å²) in [6, 6.07) is 3.49. The summed E-state index contributed by atoms with van der Waals surface area (Å²) >= 11 is 0. The summed E-state index contributed by atoms with van der Waals surface area (Å²) in [5, 5.41) is 5.29. The van der Waals surface area contributed by atoms with Crippen molar-refractivity contribution in [3.05, 3.63) is 29.8 Å². The topological polar surface area (TPSA) is 41.1 Å². The summed E-state index contributed by atoms with van der Waals surface area (Å²) in [4.78, 5) is 11.6. The van der Waals surface area contributed by atoms with Crippen molar-refractivity contribution in [3.63, 3.8) is 0 Å². The van der Waals surface area contributed by atoms with Crippen molar-refractivity contribution < 1.29 is 13.6 Å². The van der Waals surface area contributed by atoms with E-state index in [1.165, 1.54) is 18.9 Å². The second-order valence-electron chi connectivity index (χ2n) is 5.10. The van der Waals surface area contributed by atoms with Crippen molar-refractivity contribution >= 4 is 11.6 Å². The Labute approximate surface area is 111 Å². The molecule has 1 aliphatic rings. The van der Waals surface area contributed by atoms with Crippen LogP contribution in [0.4, 0.5) is 14.5 Å². The average molecular weight is 268 g/mol. The number of hydrogen-bond acceptors (Lipinski definition) is 2. The molecular weight excluding hydrogens is 250 g/mol. The van der Waals surface area contributed by atoms with Crippen LogP contribution in [0.1, 0.15) is 26.2 Å². The highest BCUT2D eigenvalue weighted by Crippen LogP contribution is 2.47.